The Morgan fingerprint density at radius 1 is 1.42 bits per heavy atom. The number of halogens is 1. The summed E-state index contributed by atoms with van der Waals surface area (Å²) >= 11 is 2.27. The lowest BCUT2D eigenvalue weighted by Gasteiger charge is -2.26. The molecule has 0 aliphatic heterocycles. The highest BCUT2D eigenvalue weighted by atomic mass is 127. The zero-order valence-electron chi connectivity index (χ0n) is 11.5. The molecule has 0 fully saturated rings. The summed E-state index contributed by atoms with van der Waals surface area (Å²) in [6.45, 7) is 4.24. The number of hydrogen-bond donors (Lipinski definition) is 1. The maximum absolute atomic E-state index is 9.80. The minimum Gasteiger partial charge on any atom is -0.393 e. The average molecular weight is 371 g/mol. The molecular formula is C16H22INO. The summed E-state index contributed by atoms with van der Waals surface area (Å²) in [5, 5.41) is 9.80. The molecule has 1 atom stereocenters. The molecular weight excluding hydrogens is 349 g/mol. The lowest BCUT2D eigenvalue weighted by molar-refractivity contribution is 0.158. The highest BCUT2D eigenvalue weighted by Gasteiger charge is 2.17. The largest absolute Gasteiger partial charge is 0.393 e. The first kappa shape index (κ1) is 14.9. The Hall–Kier alpha value is -0.550. The van der Waals surface area contributed by atoms with Crippen molar-refractivity contribution in [3.63, 3.8) is 0 Å². The molecule has 0 saturated heterocycles. The topological polar surface area (TPSA) is 23.5 Å². The molecule has 1 aromatic carbocycles. The third kappa shape index (κ3) is 3.96. The van der Waals surface area contributed by atoms with E-state index in [-0.39, 0.29) is 6.10 Å². The molecule has 2 nitrogen and oxygen atoms in total. The van der Waals surface area contributed by atoms with Crippen molar-refractivity contribution in [1.82, 2.24) is 0 Å². The van der Waals surface area contributed by atoms with Crippen LogP contribution in [0.1, 0.15) is 30.9 Å². The molecule has 3 heteroatoms. The van der Waals surface area contributed by atoms with Crippen LogP contribution in [0.4, 0.5) is 5.69 Å². The van der Waals surface area contributed by atoms with Gasteiger partial charge in [-0.25, -0.2) is 0 Å². The number of anilines is 1. The van der Waals surface area contributed by atoms with Crippen LogP contribution in [0.25, 0.3) is 0 Å². The number of aliphatic hydroxyl groups excluding tert-OH is 1. The van der Waals surface area contributed by atoms with Gasteiger partial charge in [0.1, 0.15) is 0 Å². The summed E-state index contributed by atoms with van der Waals surface area (Å²) in [4.78, 5) is 2.40. The quantitative estimate of drug-likeness (QED) is 0.798. The first-order valence-corrected chi connectivity index (χ1v) is 8.29. The summed E-state index contributed by atoms with van der Waals surface area (Å²) < 4.78 is 2.07. The Bertz CT molecular complexity index is 444. The minimum atomic E-state index is -0.156. The number of benzene rings is 1. The van der Waals surface area contributed by atoms with Gasteiger partial charge in [0.15, 0.2) is 0 Å². The van der Waals surface area contributed by atoms with Gasteiger partial charge in [0, 0.05) is 18.8 Å². The van der Waals surface area contributed by atoms with Crippen LogP contribution in [0.3, 0.4) is 0 Å². The Morgan fingerprint density at radius 2 is 2.26 bits per heavy atom. The lowest BCUT2D eigenvalue weighted by atomic mass is 9.89. The molecule has 2 rings (SSSR count). The van der Waals surface area contributed by atoms with Crippen LogP contribution in [0, 0.1) is 0 Å². The molecule has 1 N–H and O–H groups in total. The Morgan fingerprint density at radius 3 is 3.00 bits per heavy atom. The zero-order chi connectivity index (χ0) is 13.7. The fourth-order valence-corrected chi connectivity index (χ4v) is 2.91. The molecule has 1 aromatic rings. The van der Waals surface area contributed by atoms with E-state index in [4.69, 9.17) is 0 Å². The maximum Gasteiger partial charge on any atom is 0.0583 e. The monoisotopic (exact) mass is 371 g/mol. The van der Waals surface area contributed by atoms with Crippen LogP contribution in [0.5, 0.6) is 0 Å². The van der Waals surface area contributed by atoms with Crippen molar-refractivity contribution in [2.24, 2.45) is 0 Å². The fourth-order valence-electron chi connectivity index (χ4n) is 2.68. The zero-order valence-corrected chi connectivity index (χ0v) is 13.6. The number of aryl methyl sites for hydroxylation is 1. The highest BCUT2D eigenvalue weighted by Crippen LogP contribution is 2.26. The van der Waals surface area contributed by atoms with Crippen LogP contribution in [-0.2, 0) is 12.8 Å². The van der Waals surface area contributed by atoms with E-state index in [1.807, 2.05) is 0 Å². The van der Waals surface area contributed by atoms with Gasteiger partial charge < -0.3 is 10.0 Å². The molecule has 104 valence electrons. The highest BCUT2D eigenvalue weighted by molar-refractivity contribution is 14.1. The smallest absolute Gasteiger partial charge is 0.0583 e. The molecule has 1 aliphatic carbocycles. The Labute approximate surface area is 129 Å². The predicted octanol–water partition coefficient (Wildman–Crippen LogP) is 3.70. The van der Waals surface area contributed by atoms with Crippen molar-refractivity contribution < 1.29 is 5.11 Å². The molecule has 1 unspecified atom stereocenters. The summed E-state index contributed by atoms with van der Waals surface area (Å²) in [7, 11) is 0. The minimum absolute atomic E-state index is 0.156. The van der Waals surface area contributed by atoms with Crippen LogP contribution >= 0.6 is 22.6 Å². The normalized spacial score (nSPS) is 18.6. The first-order chi connectivity index (χ1) is 9.24. The van der Waals surface area contributed by atoms with Gasteiger partial charge in [-0.3, -0.25) is 0 Å². The van der Waals surface area contributed by atoms with Gasteiger partial charge >= 0.3 is 0 Å². The van der Waals surface area contributed by atoms with Crippen molar-refractivity contribution in [3.8, 4) is 0 Å². The van der Waals surface area contributed by atoms with Crippen molar-refractivity contribution in [1.29, 1.82) is 0 Å². The van der Waals surface area contributed by atoms with Crippen LogP contribution in [-0.4, -0.2) is 24.3 Å². The summed E-state index contributed by atoms with van der Waals surface area (Å²) in [5.41, 5.74) is 4.02. The summed E-state index contributed by atoms with van der Waals surface area (Å²) in [6.07, 6.45) is 5.90. The van der Waals surface area contributed by atoms with Gasteiger partial charge in [0.2, 0.25) is 0 Å². The molecule has 19 heavy (non-hydrogen) atoms. The number of nitrogens with zero attached hydrogens (tertiary/aromatic N) is 1. The third-order valence-electron chi connectivity index (χ3n) is 3.67. The number of rotatable bonds is 5. The van der Waals surface area contributed by atoms with Crippen molar-refractivity contribution in [2.75, 3.05) is 18.0 Å². The molecule has 0 bridgehead atoms. The lowest BCUT2D eigenvalue weighted by Crippen LogP contribution is -2.25. The summed E-state index contributed by atoms with van der Waals surface area (Å²) in [6, 6.07) is 6.74. The number of fused-ring (bicyclic) bond motifs is 1. The van der Waals surface area contributed by atoms with Crippen LogP contribution in [0.2, 0.25) is 0 Å². The molecule has 0 saturated carbocycles. The van der Waals surface area contributed by atoms with E-state index in [1.165, 1.54) is 16.8 Å². The summed E-state index contributed by atoms with van der Waals surface area (Å²) in [5.74, 6) is 0. The number of aliphatic hydroxyl groups is 1. The molecule has 0 aromatic heterocycles. The van der Waals surface area contributed by atoms with Gasteiger partial charge in [-0.2, -0.15) is 0 Å². The van der Waals surface area contributed by atoms with E-state index in [0.29, 0.717) is 0 Å². The van der Waals surface area contributed by atoms with Crippen LogP contribution in [0.15, 0.2) is 28.4 Å². The third-order valence-corrected chi connectivity index (χ3v) is 4.17. The Balaban J connectivity index is 2.20. The van der Waals surface area contributed by atoms with E-state index in [9.17, 15) is 5.11 Å². The van der Waals surface area contributed by atoms with Gasteiger partial charge in [0.25, 0.3) is 0 Å². The van der Waals surface area contributed by atoms with E-state index < -0.39 is 0 Å². The standard InChI is InChI=1S/C16H22INO/c1-2-9-18(10-3-8-17)15-6-4-13-5-7-16(19)12-14(13)11-15/h3-4,6,8,11,16,19H,2,5,7,9-10,12H2,1H3. The van der Waals surface area contributed by atoms with Gasteiger partial charge in [-0.05, 0) is 53.0 Å². The SMILES string of the molecule is CCCN(CC=CI)c1ccc2c(c1)CC(O)CC2. The van der Waals surface area contributed by atoms with Crippen molar-refractivity contribution >= 4 is 28.3 Å². The second-order valence-electron chi connectivity index (χ2n) is 5.16. The molecule has 0 spiro atoms. The van der Waals surface area contributed by atoms with E-state index >= 15 is 0 Å². The van der Waals surface area contributed by atoms with Gasteiger partial charge in [0.05, 0.1) is 6.10 Å². The predicted molar refractivity (Wildman–Crippen MR) is 90.1 cm³/mol. The second-order valence-corrected chi connectivity index (χ2v) is 5.88. The molecule has 1 aliphatic rings. The first-order valence-electron chi connectivity index (χ1n) is 7.04. The van der Waals surface area contributed by atoms with Crippen molar-refractivity contribution in [3.05, 3.63) is 39.5 Å². The Kier molecular flexibility index (Phi) is 5.70. The van der Waals surface area contributed by atoms with E-state index in [2.05, 4.69) is 62.8 Å². The van der Waals surface area contributed by atoms with Gasteiger partial charge in [-0.15, -0.1) is 0 Å². The molecule has 0 amide bonds. The van der Waals surface area contributed by atoms with E-state index in [0.717, 1.165) is 38.8 Å². The molecule has 0 radical (unpaired) electrons. The maximum atomic E-state index is 9.80. The fraction of sp³-hybridized carbons (Fsp3) is 0.500. The van der Waals surface area contributed by atoms with Gasteiger partial charge in [-0.1, -0.05) is 41.7 Å². The van der Waals surface area contributed by atoms with E-state index in [1.54, 1.807) is 0 Å². The van der Waals surface area contributed by atoms with Crippen LogP contribution < -0.4 is 4.90 Å². The average Bonchev–Trinajstić information content (AvgIpc) is 2.42. The molecule has 0 heterocycles. The second kappa shape index (κ2) is 7.29. The number of hydrogen-bond acceptors (Lipinski definition) is 2. The van der Waals surface area contributed by atoms with Crippen molar-refractivity contribution in [2.45, 2.75) is 38.7 Å².